The molecule has 21 heavy (non-hydrogen) atoms. The summed E-state index contributed by atoms with van der Waals surface area (Å²) in [6, 6.07) is 6.39. The Hall–Kier alpha value is -0.950. The van der Waals surface area contributed by atoms with E-state index in [1.807, 2.05) is 13.8 Å². The van der Waals surface area contributed by atoms with E-state index in [2.05, 4.69) is 0 Å². The lowest BCUT2D eigenvalue weighted by Crippen LogP contribution is -2.34. The van der Waals surface area contributed by atoms with E-state index in [4.69, 9.17) is 5.11 Å². The van der Waals surface area contributed by atoms with Crippen molar-refractivity contribution in [3.63, 3.8) is 0 Å². The van der Waals surface area contributed by atoms with Crippen LogP contribution < -0.4 is 0 Å². The van der Waals surface area contributed by atoms with Crippen molar-refractivity contribution in [2.75, 3.05) is 19.7 Å². The number of aliphatic hydroxyl groups is 2. The highest BCUT2D eigenvalue weighted by Crippen LogP contribution is 2.22. The highest BCUT2D eigenvalue weighted by Gasteiger charge is 2.24. The van der Waals surface area contributed by atoms with E-state index in [0.29, 0.717) is 18.5 Å². The first-order valence-electron chi connectivity index (χ1n) is 7.36. The van der Waals surface area contributed by atoms with E-state index in [9.17, 15) is 13.5 Å². The Balaban J connectivity index is 3.09. The zero-order chi connectivity index (χ0) is 15.9. The Morgan fingerprint density at radius 2 is 1.95 bits per heavy atom. The number of rotatable bonds is 9. The number of sulfonamides is 1. The average Bonchev–Trinajstić information content (AvgIpc) is 2.50. The lowest BCUT2D eigenvalue weighted by Gasteiger charge is -2.21. The first-order valence-corrected chi connectivity index (χ1v) is 8.80. The molecule has 1 aromatic rings. The van der Waals surface area contributed by atoms with Crippen LogP contribution >= 0.6 is 0 Å². The van der Waals surface area contributed by atoms with Crippen LogP contribution in [0.2, 0.25) is 0 Å². The summed E-state index contributed by atoms with van der Waals surface area (Å²) in [5.74, 6) is 0. The van der Waals surface area contributed by atoms with Gasteiger partial charge in [0.1, 0.15) is 0 Å². The minimum atomic E-state index is -3.64. The van der Waals surface area contributed by atoms with Crippen LogP contribution in [0.1, 0.15) is 44.8 Å². The second kappa shape index (κ2) is 8.48. The Morgan fingerprint density at radius 3 is 2.52 bits per heavy atom. The molecule has 1 aromatic carbocycles. The number of nitrogens with zero attached hydrogens (tertiary/aromatic N) is 1. The molecule has 1 atom stereocenters. The summed E-state index contributed by atoms with van der Waals surface area (Å²) in [5, 5.41) is 18.9. The summed E-state index contributed by atoms with van der Waals surface area (Å²) in [5.41, 5.74) is 0.595. The molecule has 0 amide bonds. The summed E-state index contributed by atoms with van der Waals surface area (Å²) in [6.07, 6.45) is 1.49. The number of unbranched alkanes of at least 4 members (excludes halogenated alkanes) is 1. The van der Waals surface area contributed by atoms with Crippen LogP contribution in [0.3, 0.4) is 0 Å². The topological polar surface area (TPSA) is 77.8 Å². The van der Waals surface area contributed by atoms with Gasteiger partial charge in [0.05, 0.1) is 17.6 Å². The van der Waals surface area contributed by atoms with Crippen molar-refractivity contribution >= 4 is 10.0 Å². The maximum atomic E-state index is 12.6. The van der Waals surface area contributed by atoms with Crippen LogP contribution in [0.15, 0.2) is 29.2 Å². The summed E-state index contributed by atoms with van der Waals surface area (Å²) in [7, 11) is -3.64. The fraction of sp³-hybridized carbons (Fsp3) is 0.600. The van der Waals surface area contributed by atoms with Gasteiger partial charge in [-0.1, -0.05) is 32.4 Å². The van der Waals surface area contributed by atoms with Gasteiger partial charge in [-0.3, -0.25) is 0 Å². The van der Waals surface area contributed by atoms with Gasteiger partial charge in [-0.2, -0.15) is 4.31 Å². The predicted octanol–water partition coefficient (Wildman–Crippen LogP) is 1.91. The van der Waals surface area contributed by atoms with Crippen LogP contribution in [0, 0.1) is 0 Å². The van der Waals surface area contributed by atoms with Crippen molar-refractivity contribution in [1.29, 1.82) is 0 Å². The quantitative estimate of drug-likeness (QED) is 0.730. The molecule has 1 unspecified atom stereocenters. The van der Waals surface area contributed by atoms with E-state index in [-0.39, 0.29) is 18.0 Å². The molecule has 0 saturated carbocycles. The van der Waals surface area contributed by atoms with Crippen LogP contribution in [-0.2, 0) is 10.0 Å². The monoisotopic (exact) mass is 315 g/mol. The van der Waals surface area contributed by atoms with Crippen LogP contribution in [-0.4, -0.2) is 42.6 Å². The molecule has 0 fully saturated rings. The van der Waals surface area contributed by atoms with E-state index in [1.54, 1.807) is 12.1 Å². The van der Waals surface area contributed by atoms with Crippen LogP contribution in [0.4, 0.5) is 0 Å². The lowest BCUT2D eigenvalue weighted by atomic mass is 10.1. The maximum absolute atomic E-state index is 12.6. The van der Waals surface area contributed by atoms with E-state index >= 15 is 0 Å². The highest BCUT2D eigenvalue weighted by molar-refractivity contribution is 7.89. The molecular weight excluding hydrogens is 290 g/mol. The van der Waals surface area contributed by atoms with Gasteiger partial charge < -0.3 is 10.2 Å². The molecule has 0 bridgehead atoms. The van der Waals surface area contributed by atoms with Gasteiger partial charge in [0, 0.05) is 13.1 Å². The van der Waals surface area contributed by atoms with Gasteiger partial charge in [0.15, 0.2) is 0 Å². The van der Waals surface area contributed by atoms with Crippen molar-refractivity contribution in [3.05, 3.63) is 29.8 Å². The molecule has 0 heterocycles. The zero-order valence-corrected chi connectivity index (χ0v) is 13.5. The molecule has 0 aliphatic carbocycles. The molecule has 2 N–H and O–H groups in total. The Kier molecular flexibility index (Phi) is 7.31. The molecule has 120 valence electrons. The minimum absolute atomic E-state index is 0.0862. The smallest absolute Gasteiger partial charge is 0.243 e. The van der Waals surface area contributed by atoms with E-state index in [1.165, 1.54) is 16.4 Å². The van der Waals surface area contributed by atoms with Gasteiger partial charge in [0.2, 0.25) is 10.0 Å². The standard InChI is InChI=1S/C15H25NO4S/c1-3-5-9-16(10-11-17)21(19,20)14-8-6-7-13(12-14)15(18)4-2/h6-8,12,15,17-18H,3-5,9-11H2,1-2H3. The van der Waals surface area contributed by atoms with Crippen LogP contribution in [0.5, 0.6) is 0 Å². The number of hydrogen-bond donors (Lipinski definition) is 2. The molecular formula is C15H25NO4S. The molecule has 5 nitrogen and oxygen atoms in total. The van der Waals surface area contributed by atoms with Gasteiger partial charge in [-0.25, -0.2) is 8.42 Å². The second-order valence-corrected chi connectivity index (χ2v) is 6.92. The first-order chi connectivity index (χ1) is 9.97. The first kappa shape index (κ1) is 18.1. The SMILES string of the molecule is CCCCN(CCO)S(=O)(=O)c1cccc(C(O)CC)c1. The summed E-state index contributed by atoms with van der Waals surface area (Å²) >= 11 is 0. The van der Waals surface area contributed by atoms with Crippen molar-refractivity contribution in [2.45, 2.75) is 44.1 Å². The van der Waals surface area contributed by atoms with Crippen molar-refractivity contribution in [1.82, 2.24) is 4.31 Å². The third-order valence-electron chi connectivity index (χ3n) is 3.38. The molecule has 0 saturated heterocycles. The average molecular weight is 315 g/mol. The number of benzene rings is 1. The Bertz CT molecular complexity index is 530. The molecule has 6 heteroatoms. The second-order valence-electron chi connectivity index (χ2n) is 4.98. The summed E-state index contributed by atoms with van der Waals surface area (Å²) in [6.45, 7) is 4.09. The summed E-state index contributed by atoms with van der Waals surface area (Å²) < 4.78 is 26.5. The molecule has 0 aromatic heterocycles. The predicted molar refractivity (Wildman–Crippen MR) is 82.4 cm³/mol. The van der Waals surface area contributed by atoms with E-state index in [0.717, 1.165) is 12.8 Å². The highest BCUT2D eigenvalue weighted by atomic mass is 32.2. The minimum Gasteiger partial charge on any atom is -0.395 e. The lowest BCUT2D eigenvalue weighted by molar-refractivity contribution is 0.173. The molecule has 0 aliphatic rings. The van der Waals surface area contributed by atoms with Crippen molar-refractivity contribution < 1.29 is 18.6 Å². The van der Waals surface area contributed by atoms with Crippen LogP contribution in [0.25, 0.3) is 0 Å². The van der Waals surface area contributed by atoms with Crippen molar-refractivity contribution in [3.8, 4) is 0 Å². The van der Waals surface area contributed by atoms with Gasteiger partial charge in [-0.15, -0.1) is 0 Å². The third kappa shape index (κ3) is 4.78. The van der Waals surface area contributed by atoms with Gasteiger partial charge >= 0.3 is 0 Å². The Labute approximate surface area is 127 Å². The van der Waals surface area contributed by atoms with E-state index < -0.39 is 16.1 Å². The summed E-state index contributed by atoms with van der Waals surface area (Å²) in [4.78, 5) is 0.164. The third-order valence-corrected chi connectivity index (χ3v) is 5.27. The van der Waals surface area contributed by atoms with Crippen molar-refractivity contribution in [2.24, 2.45) is 0 Å². The fourth-order valence-electron chi connectivity index (χ4n) is 2.07. The fourth-order valence-corrected chi connectivity index (χ4v) is 3.59. The van der Waals surface area contributed by atoms with Gasteiger partial charge in [0.25, 0.3) is 0 Å². The number of hydrogen-bond acceptors (Lipinski definition) is 4. The normalized spacial score (nSPS) is 13.6. The molecule has 1 rings (SSSR count). The molecule has 0 spiro atoms. The number of aliphatic hydroxyl groups excluding tert-OH is 2. The zero-order valence-electron chi connectivity index (χ0n) is 12.7. The Morgan fingerprint density at radius 1 is 1.24 bits per heavy atom. The molecule has 0 aliphatic heterocycles. The van der Waals surface area contributed by atoms with Gasteiger partial charge in [-0.05, 0) is 30.5 Å². The largest absolute Gasteiger partial charge is 0.395 e. The molecule has 0 radical (unpaired) electrons. The maximum Gasteiger partial charge on any atom is 0.243 e.